The molecule has 23 heavy (non-hydrogen) atoms. The fourth-order valence-corrected chi connectivity index (χ4v) is 3.54. The number of nitrogens with zero attached hydrogens (tertiary/aromatic N) is 1. The van der Waals surface area contributed by atoms with Crippen LogP contribution in [0.25, 0.3) is 22.4 Å². The third-order valence-corrected chi connectivity index (χ3v) is 4.75. The molecule has 0 fully saturated rings. The minimum Gasteiger partial charge on any atom is -0.454 e. The van der Waals surface area contributed by atoms with Gasteiger partial charge >= 0.3 is 0 Å². The van der Waals surface area contributed by atoms with Crippen molar-refractivity contribution in [3.63, 3.8) is 0 Å². The Balaban J connectivity index is 1.47. The van der Waals surface area contributed by atoms with Gasteiger partial charge in [0.2, 0.25) is 5.91 Å². The standard InChI is InChI=1S/C18H16N2O2S/c21-17(9-12-5-1-2-6-12)20-18-19-14(11-23-18)16-10-13-7-3-4-8-15(13)22-16/h1,3-5,7-8,10-12H,2,6,9H2,(H,19,20,21)/t12-/m0/s1. The van der Waals surface area contributed by atoms with Gasteiger partial charge in [0.25, 0.3) is 0 Å². The Morgan fingerprint density at radius 1 is 1.39 bits per heavy atom. The van der Waals surface area contributed by atoms with Crippen LogP contribution in [0, 0.1) is 5.92 Å². The lowest BCUT2D eigenvalue weighted by Gasteiger charge is -2.06. The number of fused-ring (bicyclic) bond motifs is 1. The number of aromatic nitrogens is 1. The van der Waals surface area contributed by atoms with Gasteiger partial charge in [0.05, 0.1) is 0 Å². The second-order valence-electron chi connectivity index (χ2n) is 5.70. The molecule has 1 aliphatic rings. The molecule has 0 radical (unpaired) electrons. The molecule has 0 spiro atoms. The van der Waals surface area contributed by atoms with Crippen molar-refractivity contribution in [3.8, 4) is 11.5 Å². The third-order valence-electron chi connectivity index (χ3n) is 3.99. The van der Waals surface area contributed by atoms with Crippen LogP contribution in [0.4, 0.5) is 5.13 Å². The molecular formula is C18H16N2O2S. The van der Waals surface area contributed by atoms with Gasteiger partial charge in [-0.1, -0.05) is 30.4 Å². The zero-order valence-electron chi connectivity index (χ0n) is 12.5. The quantitative estimate of drug-likeness (QED) is 0.698. The normalized spacial score (nSPS) is 17.0. The largest absolute Gasteiger partial charge is 0.454 e. The van der Waals surface area contributed by atoms with Crippen LogP contribution < -0.4 is 5.32 Å². The lowest BCUT2D eigenvalue weighted by Crippen LogP contribution is -2.14. The van der Waals surface area contributed by atoms with Crippen molar-refractivity contribution < 1.29 is 9.21 Å². The summed E-state index contributed by atoms with van der Waals surface area (Å²) in [4.78, 5) is 16.5. The number of nitrogens with one attached hydrogen (secondary N) is 1. The van der Waals surface area contributed by atoms with E-state index in [0.29, 0.717) is 17.5 Å². The molecule has 4 rings (SSSR count). The van der Waals surface area contributed by atoms with Gasteiger partial charge in [-0.15, -0.1) is 11.3 Å². The lowest BCUT2D eigenvalue weighted by atomic mass is 10.1. The minimum absolute atomic E-state index is 0.0204. The molecule has 5 heteroatoms. The van der Waals surface area contributed by atoms with Crippen molar-refractivity contribution in [2.45, 2.75) is 19.3 Å². The number of anilines is 1. The van der Waals surface area contributed by atoms with E-state index in [1.807, 2.05) is 35.7 Å². The molecule has 0 bridgehead atoms. The van der Waals surface area contributed by atoms with Crippen molar-refractivity contribution in [1.29, 1.82) is 0 Å². The Morgan fingerprint density at radius 2 is 2.30 bits per heavy atom. The van der Waals surface area contributed by atoms with E-state index in [9.17, 15) is 4.79 Å². The molecule has 1 aromatic carbocycles. The maximum Gasteiger partial charge on any atom is 0.226 e. The van der Waals surface area contributed by atoms with Gasteiger partial charge in [0.1, 0.15) is 11.3 Å². The van der Waals surface area contributed by atoms with E-state index in [1.54, 1.807) is 0 Å². The third kappa shape index (κ3) is 3.05. The van der Waals surface area contributed by atoms with E-state index in [1.165, 1.54) is 11.3 Å². The average Bonchev–Trinajstić information content (AvgIpc) is 3.26. The van der Waals surface area contributed by atoms with Gasteiger partial charge in [-0.3, -0.25) is 4.79 Å². The lowest BCUT2D eigenvalue weighted by molar-refractivity contribution is -0.116. The molecule has 116 valence electrons. The Hall–Kier alpha value is -2.40. The van der Waals surface area contributed by atoms with Crippen LogP contribution in [0.15, 0.2) is 52.3 Å². The van der Waals surface area contributed by atoms with Gasteiger partial charge in [-0.05, 0) is 30.9 Å². The van der Waals surface area contributed by atoms with Crippen molar-refractivity contribution in [1.82, 2.24) is 4.98 Å². The second kappa shape index (κ2) is 6.01. The van der Waals surface area contributed by atoms with Crippen LogP contribution in [0.1, 0.15) is 19.3 Å². The van der Waals surface area contributed by atoms with Crippen molar-refractivity contribution >= 4 is 33.3 Å². The van der Waals surface area contributed by atoms with Gasteiger partial charge in [-0.2, -0.15) is 0 Å². The van der Waals surface area contributed by atoms with Crippen LogP contribution in [-0.2, 0) is 4.79 Å². The van der Waals surface area contributed by atoms with Crippen LogP contribution in [0.3, 0.4) is 0 Å². The van der Waals surface area contributed by atoms with E-state index in [4.69, 9.17) is 4.42 Å². The number of hydrogen-bond donors (Lipinski definition) is 1. The van der Waals surface area contributed by atoms with Crippen LogP contribution in [0.5, 0.6) is 0 Å². The number of amides is 1. The van der Waals surface area contributed by atoms with Crippen molar-refractivity contribution in [3.05, 3.63) is 47.9 Å². The maximum absolute atomic E-state index is 12.1. The predicted molar refractivity (Wildman–Crippen MR) is 92.4 cm³/mol. The predicted octanol–water partition coefficient (Wildman–Crippen LogP) is 4.85. The van der Waals surface area contributed by atoms with Crippen LogP contribution in [-0.4, -0.2) is 10.9 Å². The van der Waals surface area contributed by atoms with E-state index in [2.05, 4.69) is 22.5 Å². The topological polar surface area (TPSA) is 55.1 Å². The van der Waals surface area contributed by atoms with Gasteiger partial charge in [-0.25, -0.2) is 4.98 Å². The van der Waals surface area contributed by atoms with E-state index in [-0.39, 0.29) is 5.91 Å². The summed E-state index contributed by atoms with van der Waals surface area (Å²) in [5, 5.41) is 6.46. The van der Waals surface area contributed by atoms with Gasteiger partial charge in [0, 0.05) is 17.2 Å². The fraction of sp³-hybridized carbons (Fsp3) is 0.222. The maximum atomic E-state index is 12.1. The molecule has 1 amide bonds. The monoisotopic (exact) mass is 324 g/mol. The number of carbonyl (C=O) groups is 1. The summed E-state index contributed by atoms with van der Waals surface area (Å²) in [5.74, 6) is 1.11. The number of carbonyl (C=O) groups excluding carboxylic acids is 1. The number of rotatable bonds is 4. The Bertz CT molecular complexity index is 845. The van der Waals surface area contributed by atoms with Crippen molar-refractivity contribution in [2.75, 3.05) is 5.32 Å². The zero-order chi connectivity index (χ0) is 15.6. The Labute approximate surface area is 137 Å². The van der Waals surface area contributed by atoms with Crippen molar-refractivity contribution in [2.24, 2.45) is 5.92 Å². The van der Waals surface area contributed by atoms with E-state index < -0.39 is 0 Å². The Morgan fingerprint density at radius 3 is 3.13 bits per heavy atom. The highest BCUT2D eigenvalue weighted by atomic mass is 32.1. The molecule has 3 aromatic rings. The van der Waals surface area contributed by atoms with E-state index >= 15 is 0 Å². The summed E-state index contributed by atoms with van der Waals surface area (Å²) in [7, 11) is 0. The number of hydrogen-bond acceptors (Lipinski definition) is 4. The summed E-state index contributed by atoms with van der Waals surface area (Å²) < 4.78 is 5.80. The smallest absolute Gasteiger partial charge is 0.226 e. The molecule has 1 atom stereocenters. The second-order valence-corrected chi connectivity index (χ2v) is 6.56. The van der Waals surface area contributed by atoms with Gasteiger partial charge < -0.3 is 9.73 Å². The highest BCUT2D eigenvalue weighted by Gasteiger charge is 2.16. The van der Waals surface area contributed by atoms with Crippen LogP contribution >= 0.6 is 11.3 Å². The molecule has 0 aliphatic heterocycles. The Kier molecular flexibility index (Phi) is 3.71. The molecule has 0 unspecified atom stereocenters. The zero-order valence-corrected chi connectivity index (χ0v) is 13.3. The molecular weight excluding hydrogens is 308 g/mol. The summed E-state index contributed by atoms with van der Waals surface area (Å²) >= 11 is 1.42. The molecule has 1 N–H and O–H groups in total. The molecule has 0 saturated carbocycles. The summed E-state index contributed by atoms with van der Waals surface area (Å²) in [6, 6.07) is 9.83. The minimum atomic E-state index is 0.0204. The molecule has 2 aromatic heterocycles. The van der Waals surface area contributed by atoms with E-state index in [0.717, 1.165) is 35.3 Å². The first-order valence-electron chi connectivity index (χ1n) is 7.69. The summed E-state index contributed by atoms with van der Waals surface area (Å²) in [6.45, 7) is 0. The number of thiazole rings is 1. The first-order chi connectivity index (χ1) is 11.3. The average molecular weight is 324 g/mol. The molecule has 0 saturated heterocycles. The number of para-hydroxylation sites is 1. The number of furan rings is 1. The first kappa shape index (κ1) is 14.2. The highest BCUT2D eigenvalue weighted by Crippen LogP contribution is 2.30. The highest BCUT2D eigenvalue weighted by molar-refractivity contribution is 7.14. The SMILES string of the molecule is O=C(C[C@H]1C=CCC1)Nc1nc(-c2cc3ccccc3o2)cs1. The molecule has 4 nitrogen and oxygen atoms in total. The number of benzene rings is 1. The molecule has 1 aliphatic carbocycles. The van der Waals surface area contributed by atoms with Crippen LogP contribution in [0.2, 0.25) is 0 Å². The van der Waals surface area contributed by atoms with Gasteiger partial charge in [0.15, 0.2) is 10.9 Å². The summed E-state index contributed by atoms with van der Waals surface area (Å²) in [5.41, 5.74) is 1.59. The fourth-order valence-electron chi connectivity index (χ4n) is 2.83. The first-order valence-corrected chi connectivity index (χ1v) is 8.57. The molecule has 2 heterocycles. The summed E-state index contributed by atoms with van der Waals surface area (Å²) in [6.07, 6.45) is 6.93. The number of allylic oxidation sites excluding steroid dienone is 2.